The number of hydrogen-bond donors (Lipinski definition) is 0. The highest BCUT2D eigenvalue weighted by Gasteiger charge is 2.28. The van der Waals surface area contributed by atoms with Crippen LogP contribution in [0.2, 0.25) is 0 Å². The summed E-state index contributed by atoms with van der Waals surface area (Å²) < 4.78 is 11.4. The summed E-state index contributed by atoms with van der Waals surface area (Å²) >= 11 is 0. The Balaban J connectivity index is 1.48. The zero-order valence-electron chi connectivity index (χ0n) is 17.2. The van der Waals surface area contributed by atoms with Gasteiger partial charge in [-0.1, -0.05) is 41.7 Å². The van der Waals surface area contributed by atoms with E-state index < -0.39 is 0 Å². The summed E-state index contributed by atoms with van der Waals surface area (Å²) in [6.07, 6.45) is 7.70. The number of esters is 1. The van der Waals surface area contributed by atoms with Crippen LogP contribution in [0.5, 0.6) is 5.75 Å². The van der Waals surface area contributed by atoms with E-state index in [4.69, 9.17) is 9.47 Å². The molecule has 1 fully saturated rings. The fourth-order valence-electron chi connectivity index (χ4n) is 3.34. The maximum atomic E-state index is 12.5. The Morgan fingerprint density at radius 2 is 1.55 bits per heavy atom. The van der Waals surface area contributed by atoms with E-state index in [2.05, 4.69) is 30.9 Å². The molecule has 0 spiro atoms. The van der Waals surface area contributed by atoms with Crippen LogP contribution in [0.1, 0.15) is 49.3 Å². The molecule has 0 atom stereocenters. The molecular formula is C26H28O3. The van der Waals surface area contributed by atoms with Gasteiger partial charge in [0.2, 0.25) is 0 Å². The number of carbonyl (C=O) groups excluding carboxylic acids is 1. The molecule has 1 saturated carbocycles. The second-order valence-electron chi connectivity index (χ2n) is 7.44. The Morgan fingerprint density at radius 1 is 0.966 bits per heavy atom. The topological polar surface area (TPSA) is 35.5 Å². The van der Waals surface area contributed by atoms with Gasteiger partial charge < -0.3 is 9.47 Å². The Bertz CT molecular complexity index is 874. The molecular weight excluding hydrogens is 360 g/mol. The van der Waals surface area contributed by atoms with Gasteiger partial charge in [0.1, 0.15) is 5.75 Å². The van der Waals surface area contributed by atoms with E-state index in [1.165, 1.54) is 5.56 Å². The molecule has 0 bridgehead atoms. The lowest BCUT2D eigenvalue weighted by atomic mass is 9.87. The quantitative estimate of drug-likeness (QED) is 0.296. The van der Waals surface area contributed by atoms with Gasteiger partial charge in [-0.2, -0.15) is 0 Å². The van der Waals surface area contributed by atoms with E-state index in [-0.39, 0.29) is 18.0 Å². The van der Waals surface area contributed by atoms with E-state index in [1.807, 2.05) is 55.5 Å². The fraction of sp³-hybridized carbons (Fsp3) is 0.346. The molecule has 1 aliphatic carbocycles. The fourth-order valence-corrected chi connectivity index (χ4v) is 3.34. The molecule has 29 heavy (non-hydrogen) atoms. The van der Waals surface area contributed by atoms with Crippen LogP contribution in [-0.4, -0.2) is 18.7 Å². The third-order valence-corrected chi connectivity index (χ3v) is 5.15. The van der Waals surface area contributed by atoms with Crippen LogP contribution < -0.4 is 4.74 Å². The number of carbonyl (C=O) groups is 1. The molecule has 0 heterocycles. The molecule has 2 aromatic rings. The average Bonchev–Trinajstić information content (AvgIpc) is 2.75. The van der Waals surface area contributed by atoms with Gasteiger partial charge in [-0.25, -0.2) is 0 Å². The first kappa shape index (κ1) is 20.9. The van der Waals surface area contributed by atoms with Gasteiger partial charge in [-0.3, -0.25) is 4.79 Å². The van der Waals surface area contributed by atoms with Crippen LogP contribution in [0.15, 0.2) is 60.7 Å². The molecule has 0 aromatic heterocycles. The van der Waals surface area contributed by atoms with Crippen molar-refractivity contribution in [2.45, 2.75) is 45.6 Å². The highest BCUT2D eigenvalue weighted by molar-refractivity contribution is 5.75. The van der Waals surface area contributed by atoms with Gasteiger partial charge in [-0.15, -0.1) is 0 Å². The predicted octanol–water partition coefficient (Wildman–Crippen LogP) is 5.45. The third kappa shape index (κ3) is 6.62. The minimum atomic E-state index is -0.143. The number of allylic oxidation sites excluding steroid dienone is 1. The molecule has 1 aliphatic rings. The maximum absolute atomic E-state index is 12.5. The minimum absolute atomic E-state index is 0.0439. The molecule has 150 valence electrons. The predicted molar refractivity (Wildman–Crippen MR) is 116 cm³/mol. The lowest BCUT2D eigenvalue weighted by molar-refractivity contribution is -0.140. The zero-order valence-corrected chi connectivity index (χ0v) is 17.2. The molecule has 3 heteroatoms. The van der Waals surface area contributed by atoms with Crippen molar-refractivity contribution in [1.82, 2.24) is 0 Å². The summed E-state index contributed by atoms with van der Waals surface area (Å²) in [6.45, 7) is 4.69. The van der Waals surface area contributed by atoms with E-state index >= 15 is 0 Å². The van der Waals surface area contributed by atoms with Crippen LogP contribution >= 0.6 is 0 Å². The SMILES string of the molecule is C/C=C/COC1CCC(C(=O)Oc2ccc(C#Cc3ccc(C)cc3)cc2)CC1. The molecule has 0 radical (unpaired) electrons. The van der Waals surface area contributed by atoms with E-state index in [1.54, 1.807) is 0 Å². The smallest absolute Gasteiger partial charge is 0.314 e. The Hall–Kier alpha value is -2.83. The van der Waals surface area contributed by atoms with Crippen molar-refractivity contribution in [3.8, 4) is 17.6 Å². The van der Waals surface area contributed by atoms with Gasteiger partial charge in [0, 0.05) is 11.1 Å². The number of rotatable bonds is 5. The van der Waals surface area contributed by atoms with Gasteiger partial charge in [0.05, 0.1) is 18.6 Å². The van der Waals surface area contributed by atoms with Gasteiger partial charge >= 0.3 is 5.97 Å². The summed E-state index contributed by atoms with van der Waals surface area (Å²) in [5.41, 5.74) is 3.09. The Labute approximate surface area is 173 Å². The number of hydrogen-bond acceptors (Lipinski definition) is 3. The van der Waals surface area contributed by atoms with Crippen LogP contribution in [-0.2, 0) is 9.53 Å². The largest absolute Gasteiger partial charge is 0.426 e. The molecule has 0 N–H and O–H groups in total. The van der Waals surface area contributed by atoms with Crippen molar-refractivity contribution in [2.75, 3.05) is 6.61 Å². The number of benzene rings is 2. The molecule has 0 unspecified atom stereocenters. The molecule has 2 aromatic carbocycles. The monoisotopic (exact) mass is 388 g/mol. The van der Waals surface area contributed by atoms with Crippen molar-refractivity contribution in [3.63, 3.8) is 0 Å². The molecule has 3 rings (SSSR count). The highest BCUT2D eigenvalue weighted by Crippen LogP contribution is 2.28. The van der Waals surface area contributed by atoms with Gasteiger partial charge in [-0.05, 0) is 75.9 Å². The van der Waals surface area contributed by atoms with Gasteiger partial charge in [0.25, 0.3) is 0 Å². The van der Waals surface area contributed by atoms with Crippen molar-refractivity contribution < 1.29 is 14.3 Å². The second kappa shape index (κ2) is 10.6. The first-order valence-corrected chi connectivity index (χ1v) is 10.3. The average molecular weight is 389 g/mol. The van der Waals surface area contributed by atoms with Crippen LogP contribution in [0.25, 0.3) is 0 Å². The highest BCUT2D eigenvalue weighted by atomic mass is 16.5. The van der Waals surface area contributed by atoms with Crippen molar-refractivity contribution in [2.24, 2.45) is 5.92 Å². The third-order valence-electron chi connectivity index (χ3n) is 5.15. The zero-order chi connectivity index (χ0) is 20.5. The Kier molecular flexibility index (Phi) is 7.67. The van der Waals surface area contributed by atoms with E-state index in [0.29, 0.717) is 12.4 Å². The van der Waals surface area contributed by atoms with Crippen molar-refractivity contribution in [3.05, 3.63) is 77.4 Å². The number of ether oxygens (including phenoxy) is 2. The summed E-state index contributed by atoms with van der Waals surface area (Å²) in [7, 11) is 0. The van der Waals surface area contributed by atoms with Gasteiger partial charge in [0.15, 0.2) is 0 Å². The molecule has 0 saturated heterocycles. The van der Waals surface area contributed by atoms with E-state index in [9.17, 15) is 4.79 Å². The Morgan fingerprint density at radius 3 is 2.14 bits per heavy atom. The van der Waals surface area contributed by atoms with E-state index in [0.717, 1.165) is 36.8 Å². The molecule has 0 aliphatic heterocycles. The standard InChI is InChI=1S/C26H28O3/c1-3-4-19-28-24-17-13-23(14-18-24)26(27)29-25-15-11-22(12-16-25)10-9-21-7-5-20(2)6-8-21/h3-8,11-12,15-16,23-24H,13-14,17-19H2,1-2H3/b4-3+. The lowest BCUT2D eigenvalue weighted by Crippen LogP contribution is -2.29. The first-order chi connectivity index (χ1) is 14.1. The van der Waals surface area contributed by atoms with Crippen LogP contribution in [0, 0.1) is 24.7 Å². The normalized spacial score (nSPS) is 18.8. The van der Waals surface area contributed by atoms with Crippen molar-refractivity contribution >= 4 is 5.97 Å². The first-order valence-electron chi connectivity index (χ1n) is 10.3. The summed E-state index contributed by atoms with van der Waals surface area (Å²) in [6, 6.07) is 15.5. The summed E-state index contributed by atoms with van der Waals surface area (Å²) in [4.78, 5) is 12.5. The minimum Gasteiger partial charge on any atom is -0.426 e. The molecule has 0 amide bonds. The number of aryl methyl sites for hydroxylation is 1. The van der Waals surface area contributed by atoms with Crippen LogP contribution in [0.4, 0.5) is 0 Å². The summed E-state index contributed by atoms with van der Waals surface area (Å²) in [5.74, 6) is 6.67. The lowest BCUT2D eigenvalue weighted by Gasteiger charge is -2.26. The van der Waals surface area contributed by atoms with Crippen LogP contribution in [0.3, 0.4) is 0 Å². The molecule has 3 nitrogen and oxygen atoms in total. The van der Waals surface area contributed by atoms with Crippen molar-refractivity contribution in [1.29, 1.82) is 0 Å². The summed E-state index contributed by atoms with van der Waals surface area (Å²) in [5, 5.41) is 0. The maximum Gasteiger partial charge on any atom is 0.314 e. The second-order valence-corrected chi connectivity index (χ2v) is 7.44.